The number of hydrogen-bond acceptors (Lipinski definition) is 17. The molecule has 2 aliphatic carbocycles. The van der Waals surface area contributed by atoms with Crippen LogP contribution in [0.2, 0.25) is 0 Å². The summed E-state index contributed by atoms with van der Waals surface area (Å²) in [7, 11) is 1.41. The predicted molar refractivity (Wildman–Crippen MR) is 286 cm³/mol. The number of hydrogen-bond donors (Lipinski definition) is 4. The maximum absolute atomic E-state index is 16.2. The number of carboxylic acids is 1. The molecule has 11 atom stereocenters. The number of halogens is 1. The predicted octanol–water partition coefficient (Wildman–Crippen LogP) is 6.58. The van der Waals surface area contributed by atoms with E-state index in [0.29, 0.717) is 48.5 Å². The summed E-state index contributed by atoms with van der Waals surface area (Å²) in [6, 6.07) is 1.42. The Bertz CT molecular complexity index is 3320. The number of aliphatic hydroxyl groups is 2. The second-order valence-electron chi connectivity index (χ2n) is 22.4. The number of carbonyl (C=O) groups is 6. The lowest BCUT2D eigenvalue weighted by atomic mass is 9.77. The molecule has 2 aromatic heterocycles. The van der Waals surface area contributed by atoms with Gasteiger partial charge < -0.3 is 44.3 Å². The van der Waals surface area contributed by atoms with Gasteiger partial charge in [-0.05, 0) is 68.4 Å². The number of phenolic OH excluding ortho intramolecular Hbond substituents is 1. The van der Waals surface area contributed by atoms with Crippen LogP contribution in [0.3, 0.4) is 0 Å². The third-order valence-corrected chi connectivity index (χ3v) is 17.1. The number of allylic oxidation sites excluding steroid dienone is 5. The van der Waals surface area contributed by atoms with Gasteiger partial charge in [-0.1, -0.05) is 45.9 Å². The Labute approximate surface area is 455 Å². The molecule has 79 heavy (non-hydrogen) atoms. The van der Waals surface area contributed by atoms with Crippen LogP contribution in [0, 0.1) is 55.2 Å². The van der Waals surface area contributed by atoms with E-state index in [9.17, 15) is 49.2 Å². The molecule has 0 amide bonds. The molecule has 7 heterocycles. The number of aromatic nitrogens is 1. The second kappa shape index (κ2) is 21.4. The van der Waals surface area contributed by atoms with Crippen LogP contribution in [-0.4, -0.2) is 135 Å². The first kappa shape index (κ1) is 56.4. The fraction of sp³-hybridized carbons (Fsp3) is 0.492. The van der Waals surface area contributed by atoms with Gasteiger partial charge in [0.15, 0.2) is 23.2 Å². The Balaban J connectivity index is 1.06. The summed E-state index contributed by atoms with van der Waals surface area (Å²) < 4.78 is 41.1. The molecule has 1 aromatic carbocycles. The van der Waals surface area contributed by atoms with Crippen LogP contribution < -0.4 is 15.2 Å². The van der Waals surface area contributed by atoms with Crippen molar-refractivity contribution in [2.45, 2.75) is 118 Å². The van der Waals surface area contributed by atoms with Gasteiger partial charge in [0.05, 0.1) is 70.5 Å². The molecule has 0 spiro atoms. The van der Waals surface area contributed by atoms with Crippen LogP contribution >= 0.6 is 0 Å². The molecule has 5 aliphatic heterocycles. The Morgan fingerprint density at radius 2 is 1.56 bits per heavy atom. The molecule has 10 rings (SSSR count). The first-order valence-corrected chi connectivity index (χ1v) is 26.7. The third-order valence-electron chi connectivity index (χ3n) is 17.1. The highest BCUT2D eigenvalue weighted by Gasteiger charge is 2.53. The summed E-state index contributed by atoms with van der Waals surface area (Å²) in [5, 5.41) is 51.1. The van der Waals surface area contributed by atoms with Gasteiger partial charge in [-0.3, -0.25) is 38.2 Å². The summed E-state index contributed by atoms with van der Waals surface area (Å²) in [4.78, 5) is 98.6. The largest absolute Gasteiger partial charge is 0.507 e. The molecule has 20 heteroatoms. The maximum Gasteiger partial charge on any atom is 0.341 e. The van der Waals surface area contributed by atoms with E-state index in [2.05, 4.69) is 0 Å². The van der Waals surface area contributed by atoms with Gasteiger partial charge in [0.25, 0.3) is 11.3 Å². The molecule has 3 fully saturated rings. The van der Waals surface area contributed by atoms with Crippen molar-refractivity contribution in [2.75, 3.05) is 38.2 Å². The lowest BCUT2D eigenvalue weighted by molar-refractivity contribution is -0.160. The number of benzene rings is 1. The maximum atomic E-state index is 16.2. The quantitative estimate of drug-likeness (QED) is 0.144. The number of ketones is 4. The van der Waals surface area contributed by atoms with Gasteiger partial charge in [-0.15, -0.1) is 0 Å². The first-order chi connectivity index (χ1) is 37.3. The molecule has 1 saturated carbocycles. The van der Waals surface area contributed by atoms with Crippen molar-refractivity contribution in [1.82, 2.24) is 9.41 Å². The number of esters is 1. The highest BCUT2D eigenvalue weighted by atomic mass is 19.1. The number of fused-ring (bicyclic) bond motifs is 16. The number of rotatable bonds is 7. The SMILES string of the molecule is CO[C@H]1C=CO[C@@]2(C)Oc3c(C)c(O)c4c(c3C2=O)C(=O)C(C=NN2CC3CN(c5c(F)cn6c(=O)c(C(=O)O)cc(C7CC7)c6c5C)CC3C2)=C(CC(=O)C(C)=CC=C[C@H](C)[C@H](O)[C@@H](C)[C@@H](O)[C@@H](C)[C@H](OC(C)=O)[C@@H]1C)C4=O. The molecular weight excluding hydrogens is 1020 g/mol. The monoisotopic (exact) mass is 1090 g/mol. The number of aromatic carboxylic acids is 1. The average Bonchev–Trinajstić information content (AvgIpc) is 4.26. The number of anilines is 1. The number of methoxy groups -OCH3 is 1. The van der Waals surface area contributed by atoms with Crippen molar-refractivity contribution in [2.24, 2.45) is 40.6 Å². The molecule has 0 radical (unpaired) electrons. The van der Waals surface area contributed by atoms with Crippen LogP contribution in [0.15, 0.2) is 69.4 Å². The van der Waals surface area contributed by atoms with E-state index >= 15 is 9.18 Å². The number of nitrogens with zero attached hydrogens (tertiary/aromatic N) is 4. The molecule has 3 aromatic rings. The number of carboxylic acid groups (broad SMARTS) is 1. The second-order valence-corrected chi connectivity index (χ2v) is 22.4. The summed E-state index contributed by atoms with van der Waals surface area (Å²) in [5.41, 5.74) is -0.917. The number of aryl methyl sites for hydroxylation is 1. The first-order valence-electron chi connectivity index (χ1n) is 26.7. The number of hydrazone groups is 1. The lowest BCUT2D eigenvalue weighted by Crippen LogP contribution is -2.46. The fourth-order valence-corrected chi connectivity index (χ4v) is 12.3. The van der Waals surface area contributed by atoms with Crippen molar-refractivity contribution < 1.29 is 72.5 Å². The smallest absolute Gasteiger partial charge is 0.341 e. The van der Waals surface area contributed by atoms with E-state index in [-0.39, 0.29) is 51.3 Å². The fourth-order valence-electron chi connectivity index (χ4n) is 12.3. The van der Waals surface area contributed by atoms with Gasteiger partial charge >= 0.3 is 17.7 Å². The summed E-state index contributed by atoms with van der Waals surface area (Å²) in [6.45, 7) is 15.5. The highest BCUT2D eigenvalue weighted by molar-refractivity contribution is 6.38. The molecule has 2 unspecified atom stereocenters. The molecule has 5 bridgehead atoms. The van der Waals surface area contributed by atoms with Crippen LogP contribution in [-0.2, 0) is 23.8 Å². The van der Waals surface area contributed by atoms with E-state index < -0.39 is 129 Å². The van der Waals surface area contributed by atoms with Crippen molar-refractivity contribution in [1.29, 1.82) is 0 Å². The van der Waals surface area contributed by atoms with Gasteiger partial charge in [0.1, 0.15) is 23.2 Å². The van der Waals surface area contributed by atoms with Crippen molar-refractivity contribution in [3.63, 3.8) is 0 Å². The Morgan fingerprint density at radius 3 is 2.18 bits per heavy atom. The van der Waals surface area contributed by atoms with Crippen molar-refractivity contribution >= 4 is 52.5 Å². The van der Waals surface area contributed by atoms with Crippen LogP contribution in [0.25, 0.3) is 5.52 Å². The van der Waals surface area contributed by atoms with Crippen LogP contribution in [0.1, 0.15) is 132 Å². The van der Waals surface area contributed by atoms with E-state index in [0.717, 1.165) is 29.7 Å². The highest BCUT2D eigenvalue weighted by Crippen LogP contribution is 2.50. The Hall–Kier alpha value is -7.29. The van der Waals surface area contributed by atoms with Gasteiger partial charge in [-0.2, -0.15) is 5.10 Å². The normalized spacial score (nSPS) is 29.7. The third kappa shape index (κ3) is 10.00. The zero-order chi connectivity index (χ0) is 57.4. The number of Topliss-reactive ketones (excluding diaryl/α,β-unsaturated/α-hetero) is 4. The standard InChI is InChI=1S/C59H67FN4O15/c1-26-12-11-13-27(2)49(67)30(5)50(68)31(6)54(78-33(8)65)28(3)43(76-10)16-17-77-59(9)56(72)46-44-45(51(69)32(7)55(46)79-59)52(70)38(19-42(26)66)40(53(44)71)20-61-63-23-35-21-62(22-36(35)24-63)48-29(4)47-37(34-14-15-34)18-39(58(74)75)57(73)64(47)25-41(48)60/h11-13,16-18,20,25,27-28,30-31,34-36,43,49-50,54,67-69H,14-15,19,21-24H2,1-10H3,(H,74,75)/t27-,28+,30+,31+,35?,36?,43-,49-,50+,54+,59-/m0/s1. The number of ether oxygens (including phenoxy) is 4. The van der Waals surface area contributed by atoms with Crippen LogP contribution in [0.5, 0.6) is 11.5 Å². The van der Waals surface area contributed by atoms with Gasteiger partial charge in [-0.25, -0.2) is 9.18 Å². The van der Waals surface area contributed by atoms with E-state index in [1.807, 2.05) is 4.90 Å². The lowest BCUT2D eigenvalue weighted by Gasteiger charge is -2.38. The van der Waals surface area contributed by atoms with Gasteiger partial charge in [0, 0.05) is 100 Å². The van der Waals surface area contributed by atoms with E-state index in [1.165, 1.54) is 59.2 Å². The molecule has 420 valence electrons. The Morgan fingerprint density at radius 1 is 0.886 bits per heavy atom. The minimum absolute atomic E-state index is 0.0409. The number of carbonyl (C=O) groups excluding carboxylic acids is 5. The average molecular weight is 1090 g/mol. The Kier molecular flexibility index (Phi) is 15.3. The minimum Gasteiger partial charge on any atom is -0.507 e. The molecule has 2 saturated heterocycles. The zero-order valence-electron chi connectivity index (χ0n) is 45.9. The van der Waals surface area contributed by atoms with Crippen molar-refractivity contribution in [3.05, 3.63) is 115 Å². The van der Waals surface area contributed by atoms with Crippen LogP contribution in [0.4, 0.5) is 10.1 Å². The molecule has 7 aliphatic rings. The summed E-state index contributed by atoms with van der Waals surface area (Å²) >= 11 is 0. The topological polar surface area (TPSA) is 261 Å². The number of aromatic hydroxyl groups is 1. The number of pyridine rings is 2. The number of phenols is 1. The van der Waals surface area contributed by atoms with Crippen molar-refractivity contribution in [3.8, 4) is 11.5 Å². The molecule has 4 N–H and O–H groups in total. The van der Waals surface area contributed by atoms with Gasteiger partial charge in [0.2, 0.25) is 0 Å². The van der Waals surface area contributed by atoms with E-state index in [4.69, 9.17) is 24.0 Å². The summed E-state index contributed by atoms with van der Waals surface area (Å²) in [5.74, 6) is -11.6. The molecular formula is C59H67FN4O15. The molecule has 19 nitrogen and oxygen atoms in total. The zero-order valence-corrected chi connectivity index (χ0v) is 45.9. The summed E-state index contributed by atoms with van der Waals surface area (Å²) in [6.07, 6.45) is 6.51. The number of aliphatic hydroxyl groups excluding tert-OH is 2. The minimum atomic E-state index is -2.16. The van der Waals surface area contributed by atoms with E-state index in [1.54, 1.807) is 51.8 Å².